The van der Waals surface area contributed by atoms with Crippen molar-refractivity contribution in [1.82, 2.24) is 44.8 Å². The second-order valence-corrected chi connectivity index (χ2v) is 16.7. The van der Waals surface area contributed by atoms with Crippen LogP contribution in [0.2, 0.25) is 0 Å². The summed E-state index contributed by atoms with van der Waals surface area (Å²) in [4.78, 5) is 67.4. The first-order valence-corrected chi connectivity index (χ1v) is 20.9. The van der Waals surface area contributed by atoms with Crippen molar-refractivity contribution in [2.24, 2.45) is 13.0 Å². The molecule has 16 nitrogen and oxygen atoms in total. The minimum atomic E-state index is -1.10. The summed E-state index contributed by atoms with van der Waals surface area (Å²) >= 11 is 0. The van der Waals surface area contributed by atoms with E-state index in [0.29, 0.717) is 76.6 Å². The molecule has 322 valence electrons. The summed E-state index contributed by atoms with van der Waals surface area (Å²) in [6.45, 7) is 8.12. The van der Waals surface area contributed by atoms with E-state index in [0.717, 1.165) is 31.5 Å². The molecule has 5 aromatic rings. The monoisotopic (exact) mass is 839 g/mol. The summed E-state index contributed by atoms with van der Waals surface area (Å²) in [7, 11) is 3.17. The molecule has 3 amide bonds. The number of halogens is 2. The molecule has 4 aromatic heterocycles. The first-order valence-electron chi connectivity index (χ1n) is 20.9. The largest absolute Gasteiger partial charge is 0.478 e. The number of carbonyl (C=O) groups is 3. The summed E-state index contributed by atoms with van der Waals surface area (Å²) in [6.07, 6.45) is 4.88. The third-order valence-electron chi connectivity index (χ3n) is 12.3. The highest BCUT2D eigenvalue weighted by atomic mass is 19.1. The van der Waals surface area contributed by atoms with Gasteiger partial charge < -0.3 is 25.2 Å². The van der Waals surface area contributed by atoms with Crippen LogP contribution in [0.3, 0.4) is 0 Å². The summed E-state index contributed by atoms with van der Waals surface area (Å²) in [5.74, 6) is -1.18. The van der Waals surface area contributed by atoms with Crippen molar-refractivity contribution in [3.63, 3.8) is 0 Å². The zero-order chi connectivity index (χ0) is 43.1. The van der Waals surface area contributed by atoms with Crippen LogP contribution in [-0.2, 0) is 21.4 Å². The van der Waals surface area contributed by atoms with Gasteiger partial charge in [0.1, 0.15) is 23.2 Å². The predicted molar refractivity (Wildman–Crippen MR) is 225 cm³/mol. The molecule has 61 heavy (non-hydrogen) atoms. The Morgan fingerprint density at radius 3 is 2.56 bits per heavy atom. The number of rotatable bonds is 11. The molecule has 3 saturated heterocycles. The van der Waals surface area contributed by atoms with Gasteiger partial charge in [-0.2, -0.15) is 10.1 Å². The van der Waals surface area contributed by atoms with Crippen molar-refractivity contribution < 1.29 is 27.9 Å². The molecule has 0 aliphatic carbocycles. The van der Waals surface area contributed by atoms with E-state index in [1.165, 1.54) is 16.3 Å². The molecule has 1 unspecified atom stereocenters. The number of alkyl halides is 1. The van der Waals surface area contributed by atoms with Crippen LogP contribution >= 0.6 is 0 Å². The Morgan fingerprint density at radius 1 is 1.05 bits per heavy atom. The van der Waals surface area contributed by atoms with Crippen LogP contribution in [0.5, 0.6) is 5.75 Å². The smallest absolute Gasteiger partial charge is 0.294 e. The Kier molecular flexibility index (Phi) is 11.7. The SMILES string of the molecule is CNC(=O)COc1cc2cc(Nc3nc(N4CC[C@H](CN5CCC(c6ccc7c(C8CCC(=O)NC8=O)nn(C)c7c6F)CC5)[C@H](F)C4)ncc3C)cnc2n(C(C)C)c1=O. The van der Waals surface area contributed by atoms with Gasteiger partial charge in [-0.15, -0.1) is 0 Å². The fourth-order valence-electron chi connectivity index (χ4n) is 8.91. The number of hydrogen-bond acceptors (Lipinski definition) is 12. The Bertz CT molecular complexity index is 2570. The average Bonchev–Trinajstić information content (AvgIpc) is 3.58. The number of pyridine rings is 2. The van der Waals surface area contributed by atoms with E-state index in [1.54, 1.807) is 25.5 Å². The predicted octanol–water partition coefficient (Wildman–Crippen LogP) is 4.53. The van der Waals surface area contributed by atoms with E-state index < -0.39 is 18.0 Å². The zero-order valence-corrected chi connectivity index (χ0v) is 35.0. The van der Waals surface area contributed by atoms with Crippen molar-refractivity contribution in [2.75, 3.05) is 56.6 Å². The van der Waals surface area contributed by atoms with Gasteiger partial charge in [0, 0.05) is 68.1 Å². The van der Waals surface area contributed by atoms with E-state index >= 15 is 8.78 Å². The highest BCUT2D eigenvalue weighted by Crippen LogP contribution is 2.37. The molecule has 0 saturated carbocycles. The number of piperidine rings is 3. The molecule has 18 heteroatoms. The number of benzene rings is 1. The van der Waals surface area contributed by atoms with Gasteiger partial charge in [0.15, 0.2) is 18.2 Å². The summed E-state index contributed by atoms with van der Waals surface area (Å²) < 4.78 is 40.7. The minimum absolute atomic E-state index is 0.00153. The van der Waals surface area contributed by atoms with Gasteiger partial charge in [-0.05, 0) is 83.2 Å². The molecular weight excluding hydrogens is 789 g/mol. The normalized spacial score (nSPS) is 20.4. The maximum Gasteiger partial charge on any atom is 0.294 e. The number of hydrogen-bond donors (Lipinski definition) is 3. The highest BCUT2D eigenvalue weighted by Gasteiger charge is 2.35. The number of aryl methyl sites for hydroxylation is 2. The third-order valence-corrected chi connectivity index (χ3v) is 12.3. The van der Waals surface area contributed by atoms with E-state index in [4.69, 9.17) is 9.72 Å². The van der Waals surface area contributed by atoms with Crippen LogP contribution < -0.4 is 31.1 Å². The lowest BCUT2D eigenvalue weighted by molar-refractivity contribution is -0.134. The van der Waals surface area contributed by atoms with E-state index in [9.17, 15) is 19.2 Å². The number of ether oxygens (including phenoxy) is 1. The molecule has 3 aliphatic rings. The van der Waals surface area contributed by atoms with Gasteiger partial charge in [-0.1, -0.05) is 12.1 Å². The number of nitrogens with one attached hydrogen (secondary N) is 3. The van der Waals surface area contributed by atoms with Gasteiger partial charge in [0.25, 0.3) is 11.5 Å². The maximum absolute atomic E-state index is 16.2. The minimum Gasteiger partial charge on any atom is -0.478 e. The lowest BCUT2D eigenvalue weighted by atomic mass is 9.86. The molecule has 0 radical (unpaired) electrons. The second kappa shape index (κ2) is 17.1. The Balaban J connectivity index is 0.888. The number of anilines is 3. The number of fused-ring (bicyclic) bond motifs is 2. The molecule has 0 spiro atoms. The molecule has 3 atom stereocenters. The first-order chi connectivity index (χ1) is 29.3. The zero-order valence-electron chi connectivity index (χ0n) is 35.0. The number of carbonyl (C=O) groups excluding carboxylic acids is 3. The number of aromatic nitrogens is 6. The fraction of sp³-hybridized carbons (Fsp3) is 0.488. The van der Waals surface area contributed by atoms with Gasteiger partial charge in [-0.25, -0.2) is 18.7 Å². The first kappa shape index (κ1) is 41.7. The van der Waals surface area contributed by atoms with E-state index in [1.807, 2.05) is 43.9 Å². The fourth-order valence-corrected chi connectivity index (χ4v) is 8.91. The second-order valence-electron chi connectivity index (χ2n) is 16.7. The molecule has 3 fully saturated rings. The van der Waals surface area contributed by atoms with Crippen LogP contribution in [0.4, 0.5) is 26.2 Å². The molecule has 7 heterocycles. The number of imide groups is 1. The van der Waals surface area contributed by atoms with E-state index in [-0.39, 0.29) is 66.4 Å². The lowest BCUT2D eigenvalue weighted by Gasteiger charge is -2.39. The number of amides is 3. The molecular formula is C43H51F2N11O5. The van der Waals surface area contributed by atoms with Crippen molar-refractivity contribution >= 4 is 57.1 Å². The third kappa shape index (κ3) is 8.37. The van der Waals surface area contributed by atoms with Crippen molar-refractivity contribution in [3.05, 3.63) is 69.7 Å². The lowest BCUT2D eigenvalue weighted by Crippen LogP contribution is -2.47. The number of nitrogens with zero attached hydrogens (tertiary/aromatic N) is 8. The summed E-state index contributed by atoms with van der Waals surface area (Å²) in [6, 6.07) is 6.85. The summed E-state index contributed by atoms with van der Waals surface area (Å²) in [5, 5.41) is 13.9. The van der Waals surface area contributed by atoms with Crippen LogP contribution in [0, 0.1) is 18.7 Å². The van der Waals surface area contributed by atoms with Gasteiger partial charge >= 0.3 is 0 Å². The Morgan fingerprint density at radius 2 is 1.84 bits per heavy atom. The molecule has 0 bridgehead atoms. The van der Waals surface area contributed by atoms with Gasteiger partial charge in [-0.3, -0.25) is 33.7 Å². The van der Waals surface area contributed by atoms with E-state index in [2.05, 4.69) is 35.9 Å². The highest BCUT2D eigenvalue weighted by molar-refractivity contribution is 6.02. The molecule has 1 aromatic carbocycles. The Labute approximate surface area is 351 Å². The molecule has 3 N–H and O–H groups in total. The number of likely N-dealkylation sites (tertiary alicyclic amines) is 1. The van der Waals surface area contributed by atoms with Crippen LogP contribution in [0.1, 0.15) is 80.7 Å². The van der Waals surface area contributed by atoms with Crippen molar-refractivity contribution in [1.29, 1.82) is 0 Å². The Hall–Kier alpha value is -6.04. The van der Waals surface area contributed by atoms with Crippen molar-refractivity contribution in [3.8, 4) is 5.75 Å². The molecule has 8 rings (SSSR count). The van der Waals surface area contributed by atoms with Crippen LogP contribution in [0.15, 0.2) is 41.5 Å². The van der Waals surface area contributed by atoms with Crippen molar-refractivity contribution in [2.45, 2.75) is 76.9 Å². The standard InChI is InChI=1S/C43H51F2N11O5/c1-23(2)56-40-27(17-33(42(56)60)61-22-35(58)46-4)16-28(19-47-40)49-39-24(3)18-48-43(51-39)55-15-12-26(32(44)21-55)20-54-13-10-25(11-14-54)29-6-7-30-37(52-53(5)38(30)36(29)45)31-8-9-34(57)50-41(31)59/h6-7,16-19,23,25-26,31-32H,8-15,20-22H2,1-5H3,(H,46,58)(H,48,49,51)(H,50,57,59)/t26-,31?,32-/m1/s1. The van der Waals surface area contributed by atoms with Crippen LogP contribution in [-0.4, -0.2) is 104 Å². The average molecular weight is 840 g/mol. The quantitative estimate of drug-likeness (QED) is 0.158. The van der Waals surface area contributed by atoms with Gasteiger partial charge in [0.2, 0.25) is 17.8 Å². The van der Waals surface area contributed by atoms with Gasteiger partial charge in [0.05, 0.1) is 30.0 Å². The number of likely N-dealkylation sites (N-methyl/N-ethyl adjacent to an activating group) is 1. The van der Waals surface area contributed by atoms with Crippen LogP contribution in [0.25, 0.3) is 21.9 Å². The molecule has 3 aliphatic heterocycles. The topological polar surface area (TPSA) is 181 Å². The maximum atomic E-state index is 16.2. The summed E-state index contributed by atoms with van der Waals surface area (Å²) in [5.41, 5.74) is 2.95.